The molecule has 7 nitrogen and oxygen atoms in total. The highest BCUT2D eigenvalue weighted by molar-refractivity contribution is 7.80. The Hall–Kier alpha value is -2.68. The van der Waals surface area contributed by atoms with Crippen molar-refractivity contribution >= 4 is 46.5 Å². The Balaban J connectivity index is 1.45. The standard InChI is InChI=1S/C23H25ClN4O3S/c1-15-2-8-18(9-3-15)27-21(32)19-20(28-31-23(19)10-12-25-13-11-23)30-22(29)26-14-16-4-6-17(24)7-5-16/h2-9,19,25H,10-14H2,1H3,(H,26,29)(H,27,32). The van der Waals surface area contributed by atoms with Crippen molar-refractivity contribution in [2.75, 3.05) is 18.4 Å². The molecule has 1 spiro atoms. The molecule has 168 valence electrons. The topological polar surface area (TPSA) is 84.0 Å². The van der Waals surface area contributed by atoms with Crippen LogP contribution in [0.3, 0.4) is 0 Å². The van der Waals surface area contributed by atoms with Gasteiger partial charge >= 0.3 is 6.09 Å². The molecule has 1 atom stereocenters. The van der Waals surface area contributed by atoms with Crippen LogP contribution in [0.4, 0.5) is 10.5 Å². The summed E-state index contributed by atoms with van der Waals surface area (Å²) in [6.07, 6.45) is 0.795. The number of benzene rings is 2. The van der Waals surface area contributed by atoms with Gasteiger partial charge in [0, 0.05) is 30.1 Å². The minimum absolute atomic E-state index is 0.171. The number of hydrogen-bond acceptors (Lipinski definition) is 6. The highest BCUT2D eigenvalue weighted by atomic mass is 35.5. The van der Waals surface area contributed by atoms with Crippen molar-refractivity contribution in [3.63, 3.8) is 0 Å². The summed E-state index contributed by atoms with van der Waals surface area (Å²) in [5.74, 6) is -0.299. The number of rotatable bonds is 4. The third-order valence-corrected chi connectivity index (χ3v) is 6.26. The van der Waals surface area contributed by atoms with E-state index in [-0.39, 0.29) is 5.90 Å². The number of nitrogens with one attached hydrogen (secondary N) is 3. The summed E-state index contributed by atoms with van der Waals surface area (Å²) in [5, 5.41) is 14.1. The van der Waals surface area contributed by atoms with E-state index in [2.05, 4.69) is 21.1 Å². The zero-order valence-corrected chi connectivity index (χ0v) is 19.3. The summed E-state index contributed by atoms with van der Waals surface area (Å²) >= 11 is 11.7. The first-order chi connectivity index (χ1) is 15.4. The molecule has 32 heavy (non-hydrogen) atoms. The number of halogens is 1. The van der Waals surface area contributed by atoms with Gasteiger partial charge in [-0.3, -0.25) is 0 Å². The van der Waals surface area contributed by atoms with Crippen molar-refractivity contribution < 1.29 is 14.4 Å². The zero-order chi connectivity index (χ0) is 22.6. The molecule has 0 bridgehead atoms. The third-order valence-electron chi connectivity index (χ3n) is 5.67. The zero-order valence-electron chi connectivity index (χ0n) is 17.7. The van der Waals surface area contributed by atoms with E-state index in [9.17, 15) is 4.79 Å². The fourth-order valence-corrected chi connectivity index (χ4v) is 4.44. The highest BCUT2D eigenvalue weighted by Crippen LogP contribution is 2.39. The van der Waals surface area contributed by atoms with Crippen LogP contribution in [0.5, 0.6) is 0 Å². The van der Waals surface area contributed by atoms with Crippen molar-refractivity contribution in [3.8, 4) is 0 Å². The Morgan fingerprint density at radius 3 is 2.59 bits per heavy atom. The molecule has 9 heteroatoms. The molecule has 1 amide bonds. The second-order valence-electron chi connectivity index (χ2n) is 7.99. The summed E-state index contributed by atoms with van der Waals surface area (Å²) < 4.78 is 5.58. The summed E-state index contributed by atoms with van der Waals surface area (Å²) in [4.78, 5) is 18.9. The molecule has 1 saturated heterocycles. The summed E-state index contributed by atoms with van der Waals surface area (Å²) in [6, 6.07) is 15.2. The minimum Gasteiger partial charge on any atom is -0.391 e. The van der Waals surface area contributed by atoms with Crippen molar-refractivity contribution in [2.24, 2.45) is 11.1 Å². The number of nitrogens with zero attached hydrogens (tertiary/aromatic N) is 1. The highest BCUT2D eigenvalue weighted by Gasteiger charge is 2.53. The minimum atomic E-state index is -0.633. The molecule has 2 aromatic rings. The number of aryl methyl sites for hydroxylation is 1. The maximum Gasteiger partial charge on any atom is 0.414 e. The van der Waals surface area contributed by atoms with Crippen LogP contribution in [0.1, 0.15) is 24.0 Å². The van der Waals surface area contributed by atoms with E-state index in [0.717, 1.165) is 29.9 Å². The molecule has 3 N–H and O–H groups in total. The van der Waals surface area contributed by atoms with E-state index in [1.807, 2.05) is 43.3 Å². The molecule has 0 radical (unpaired) electrons. The van der Waals surface area contributed by atoms with Crippen LogP contribution >= 0.6 is 23.8 Å². The molecule has 0 saturated carbocycles. The van der Waals surface area contributed by atoms with Gasteiger partial charge in [-0.15, -0.1) is 0 Å². The number of ether oxygens (including phenoxy) is 1. The van der Waals surface area contributed by atoms with Crippen LogP contribution in [0, 0.1) is 12.8 Å². The maximum absolute atomic E-state index is 12.5. The lowest BCUT2D eigenvalue weighted by Crippen LogP contribution is -2.52. The molecule has 2 aliphatic rings. The third kappa shape index (κ3) is 5.20. The Kier molecular flexibility index (Phi) is 6.93. The quantitative estimate of drug-likeness (QED) is 0.572. The van der Waals surface area contributed by atoms with Crippen LogP contribution in [-0.4, -0.2) is 35.7 Å². The lowest BCUT2D eigenvalue weighted by Gasteiger charge is -2.36. The monoisotopic (exact) mass is 472 g/mol. The average molecular weight is 473 g/mol. The van der Waals surface area contributed by atoms with Gasteiger partial charge in [-0.25, -0.2) is 4.79 Å². The number of thiocarbonyl (C=S) groups is 1. The molecule has 4 rings (SSSR count). The van der Waals surface area contributed by atoms with Crippen LogP contribution in [0.2, 0.25) is 5.02 Å². The van der Waals surface area contributed by atoms with Gasteiger partial charge in [-0.05, 0) is 55.0 Å². The van der Waals surface area contributed by atoms with E-state index < -0.39 is 17.6 Å². The lowest BCUT2D eigenvalue weighted by molar-refractivity contribution is -0.0524. The molecule has 0 aromatic heterocycles. The molecule has 1 unspecified atom stereocenters. The average Bonchev–Trinajstić information content (AvgIpc) is 3.12. The molecule has 2 aromatic carbocycles. The number of alkyl carbamates (subject to hydrolysis) is 1. The molecule has 0 aliphatic carbocycles. The van der Waals surface area contributed by atoms with Gasteiger partial charge in [0.05, 0.1) is 4.99 Å². The Labute approximate surface area is 197 Å². The van der Waals surface area contributed by atoms with Crippen LogP contribution < -0.4 is 16.0 Å². The molecular formula is C23H25ClN4O3S. The van der Waals surface area contributed by atoms with E-state index in [4.69, 9.17) is 33.4 Å². The molecular weight excluding hydrogens is 448 g/mol. The van der Waals surface area contributed by atoms with Crippen LogP contribution in [0.25, 0.3) is 0 Å². The van der Waals surface area contributed by atoms with E-state index in [1.165, 1.54) is 0 Å². The predicted octanol–water partition coefficient (Wildman–Crippen LogP) is 4.40. The van der Waals surface area contributed by atoms with E-state index >= 15 is 0 Å². The number of carbonyl (C=O) groups is 1. The molecule has 1 fully saturated rings. The lowest BCUT2D eigenvalue weighted by atomic mass is 9.80. The second kappa shape index (κ2) is 9.85. The van der Waals surface area contributed by atoms with Gasteiger partial charge in [0.2, 0.25) is 0 Å². The van der Waals surface area contributed by atoms with Crippen molar-refractivity contribution in [3.05, 3.63) is 64.7 Å². The summed E-state index contributed by atoms with van der Waals surface area (Å²) in [7, 11) is 0. The van der Waals surface area contributed by atoms with Gasteiger partial charge in [-0.1, -0.05) is 53.6 Å². The fourth-order valence-electron chi connectivity index (χ4n) is 3.88. The number of amides is 1. The van der Waals surface area contributed by atoms with E-state index in [0.29, 0.717) is 29.4 Å². The maximum atomic E-state index is 12.5. The fraction of sp³-hybridized carbons (Fsp3) is 0.348. The largest absolute Gasteiger partial charge is 0.414 e. The SMILES string of the molecule is Cc1ccc(NC(=S)C2C(OC(=O)NCc3ccc(Cl)cc3)=NOC23CCNCC3)cc1. The smallest absolute Gasteiger partial charge is 0.391 e. The first-order valence-corrected chi connectivity index (χ1v) is 11.3. The first-order valence-electron chi connectivity index (χ1n) is 10.5. The summed E-state index contributed by atoms with van der Waals surface area (Å²) in [5.41, 5.74) is 2.29. The Bertz CT molecular complexity index is 1000. The number of anilines is 1. The first kappa shape index (κ1) is 22.5. The Morgan fingerprint density at radius 2 is 1.91 bits per heavy atom. The van der Waals surface area contributed by atoms with Crippen LogP contribution in [0.15, 0.2) is 53.7 Å². The predicted molar refractivity (Wildman–Crippen MR) is 129 cm³/mol. The normalized spacial score (nSPS) is 19.1. The Morgan fingerprint density at radius 1 is 1.22 bits per heavy atom. The van der Waals surface area contributed by atoms with Gasteiger partial charge in [0.1, 0.15) is 5.92 Å². The number of piperidine rings is 1. The number of oxime groups is 1. The number of hydrogen-bond donors (Lipinski definition) is 3. The van der Waals surface area contributed by atoms with E-state index in [1.54, 1.807) is 12.1 Å². The van der Waals surface area contributed by atoms with Gasteiger partial charge < -0.3 is 25.5 Å². The van der Waals surface area contributed by atoms with Crippen molar-refractivity contribution in [1.29, 1.82) is 0 Å². The van der Waals surface area contributed by atoms with Crippen LogP contribution in [-0.2, 0) is 16.1 Å². The van der Waals surface area contributed by atoms with Gasteiger partial charge in [-0.2, -0.15) is 0 Å². The molecule has 2 heterocycles. The second-order valence-corrected chi connectivity index (χ2v) is 8.87. The van der Waals surface area contributed by atoms with Gasteiger partial charge in [0.15, 0.2) is 5.60 Å². The summed E-state index contributed by atoms with van der Waals surface area (Å²) in [6.45, 7) is 3.87. The van der Waals surface area contributed by atoms with Gasteiger partial charge in [0.25, 0.3) is 5.90 Å². The van der Waals surface area contributed by atoms with Crippen molar-refractivity contribution in [1.82, 2.24) is 10.6 Å². The number of carbonyl (C=O) groups excluding carboxylic acids is 1. The molecule has 2 aliphatic heterocycles. The van der Waals surface area contributed by atoms with Crippen molar-refractivity contribution in [2.45, 2.75) is 31.9 Å².